The third-order valence-electron chi connectivity index (χ3n) is 8.22. The second-order valence-corrected chi connectivity index (χ2v) is 10.3. The van der Waals surface area contributed by atoms with Gasteiger partial charge in [0, 0.05) is 36.4 Å². The molecule has 2 fully saturated rings. The van der Waals surface area contributed by atoms with Crippen molar-refractivity contribution in [2.45, 2.75) is 77.5 Å². The molecule has 3 atom stereocenters. The predicted molar refractivity (Wildman–Crippen MR) is 131 cm³/mol. The first kappa shape index (κ1) is 21.7. The Bertz CT molecular complexity index is 1070. The summed E-state index contributed by atoms with van der Waals surface area (Å²) in [5.41, 5.74) is 5.02. The Labute approximate surface area is 192 Å². The molecule has 170 valence electrons. The number of benzene rings is 2. The lowest BCUT2D eigenvalue weighted by molar-refractivity contribution is 0.0475. The van der Waals surface area contributed by atoms with Crippen molar-refractivity contribution in [3.05, 3.63) is 65.4 Å². The summed E-state index contributed by atoms with van der Waals surface area (Å²) in [5, 5.41) is 17.2. The summed E-state index contributed by atoms with van der Waals surface area (Å²) in [6, 6.07) is 18.2. The predicted octanol–water partition coefficient (Wildman–Crippen LogP) is 5.70. The largest absolute Gasteiger partial charge is 0.393 e. The molecular formula is C28H37N3O. The van der Waals surface area contributed by atoms with Gasteiger partial charge >= 0.3 is 0 Å². The molecule has 1 N–H and O–H groups in total. The number of likely N-dealkylation sites (tertiary alicyclic amines) is 1. The maximum Gasteiger partial charge on any atom is 0.0700 e. The fourth-order valence-electron chi connectivity index (χ4n) is 6.12. The molecule has 1 saturated carbocycles. The number of aliphatic hydroxyl groups is 1. The number of aryl methyl sites for hydroxylation is 1. The van der Waals surface area contributed by atoms with Crippen molar-refractivity contribution >= 4 is 10.9 Å². The summed E-state index contributed by atoms with van der Waals surface area (Å²) < 4.78 is 2.33. The van der Waals surface area contributed by atoms with E-state index in [0.717, 1.165) is 26.1 Å². The molecule has 32 heavy (non-hydrogen) atoms. The summed E-state index contributed by atoms with van der Waals surface area (Å²) in [5.74, 6) is 0.299. The van der Waals surface area contributed by atoms with Gasteiger partial charge in [-0.3, -0.25) is 9.58 Å². The number of hydrogen-bond donors (Lipinski definition) is 1. The van der Waals surface area contributed by atoms with Gasteiger partial charge in [-0.2, -0.15) is 5.10 Å². The van der Waals surface area contributed by atoms with Gasteiger partial charge in [0.25, 0.3) is 0 Å². The number of rotatable bonds is 6. The van der Waals surface area contributed by atoms with Crippen LogP contribution in [0.15, 0.2) is 48.5 Å². The number of aromatic nitrogens is 2. The van der Waals surface area contributed by atoms with Gasteiger partial charge in [0.15, 0.2) is 0 Å². The zero-order valence-corrected chi connectivity index (χ0v) is 19.8. The van der Waals surface area contributed by atoms with Crippen molar-refractivity contribution in [1.82, 2.24) is 14.7 Å². The molecule has 1 aliphatic carbocycles. The first-order valence-electron chi connectivity index (χ1n) is 12.4. The van der Waals surface area contributed by atoms with E-state index in [0.29, 0.717) is 12.0 Å². The van der Waals surface area contributed by atoms with E-state index in [1.54, 1.807) is 0 Å². The number of hydrogen-bond acceptors (Lipinski definition) is 3. The minimum atomic E-state index is -0.366. The molecule has 1 aromatic heterocycles. The third-order valence-corrected chi connectivity index (χ3v) is 8.22. The van der Waals surface area contributed by atoms with E-state index in [9.17, 15) is 5.11 Å². The van der Waals surface area contributed by atoms with E-state index in [1.165, 1.54) is 53.4 Å². The topological polar surface area (TPSA) is 41.3 Å². The Morgan fingerprint density at radius 3 is 2.56 bits per heavy atom. The number of nitrogens with zero attached hydrogens (tertiary/aromatic N) is 3. The Kier molecular flexibility index (Phi) is 5.85. The van der Waals surface area contributed by atoms with E-state index in [-0.39, 0.29) is 11.5 Å². The Hall–Kier alpha value is -2.17. The van der Waals surface area contributed by atoms with Crippen LogP contribution in [0.4, 0.5) is 0 Å². The fraction of sp³-hybridized carbons (Fsp3) is 0.536. The molecular weight excluding hydrogens is 394 g/mol. The molecule has 2 aromatic carbocycles. The highest BCUT2D eigenvalue weighted by Crippen LogP contribution is 2.46. The highest BCUT2D eigenvalue weighted by atomic mass is 16.3. The Morgan fingerprint density at radius 1 is 1.12 bits per heavy atom. The lowest BCUT2D eigenvalue weighted by atomic mass is 9.72. The van der Waals surface area contributed by atoms with E-state index in [4.69, 9.17) is 5.10 Å². The van der Waals surface area contributed by atoms with Crippen LogP contribution < -0.4 is 0 Å². The van der Waals surface area contributed by atoms with Crippen LogP contribution in [0.3, 0.4) is 0 Å². The Balaban J connectivity index is 1.51. The normalized spacial score (nSPS) is 25.7. The van der Waals surface area contributed by atoms with Gasteiger partial charge in [0.1, 0.15) is 0 Å². The van der Waals surface area contributed by atoms with Crippen LogP contribution >= 0.6 is 0 Å². The van der Waals surface area contributed by atoms with Gasteiger partial charge in [-0.05, 0) is 43.4 Å². The molecule has 0 bridgehead atoms. The smallest absolute Gasteiger partial charge is 0.0700 e. The van der Waals surface area contributed by atoms with Gasteiger partial charge < -0.3 is 5.11 Å². The van der Waals surface area contributed by atoms with Crippen molar-refractivity contribution in [2.24, 2.45) is 5.41 Å². The van der Waals surface area contributed by atoms with Gasteiger partial charge in [0.2, 0.25) is 0 Å². The second-order valence-electron chi connectivity index (χ2n) is 10.3. The van der Waals surface area contributed by atoms with Crippen LogP contribution in [0.2, 0.25) is 0 Å². The van der Waals surface area contributed by atoms with Gasteiger partial charge in [0.05, 0.1) is 23.4 Å². The highest BCUT2D eigenvalue weighted by molar-refractivity contribution is 5.83. The molecule has 0 amide bonds. The van der Waals surface area contributed by atoms with Gasteiger partial charge in [-0.15, -0.1) is 0 Å². The first-order valence-corrected chi connectivity index (χ1v) is 12.4. The van der Waals surface area contributed by atoms with Crippen molar-refractivity contribution in [3.8, 4) is 0 Å². The molecule has 4 nitrogen and oxygen atoms in total. The lowest BCUT2D eigenvalue weighted by Gasteiger charge is -2.34. The van der Waals surface area contributed by atoms with E-state index in [1.807, 2.05) is 6.92 Å². The summed E-state index contributed by atoms with van der Waals surface area (Å²) >= 11 is 0. The molecule has 1 aliphatic heterocycles. The minimum Gasteiger partial charge on any atom is -0.393 e. The monoisotopic (exact) mass is 431 g/mol. The van der Waals surface area contributed by atoms with Crippen LogP contribution in [0.25, 0.3) is 10.9 Å². The zero-order chi connectivity index (χ0) is 22.3. The maximum atomic E-state index is 10.9. The average Bonchev–Trinajstić information content (AvgIpc) is 3.52. The van der Waals surface area contributed by atoms with Gasteiger partial charge in [-0.25, -0.2) is 0 Å². The second kappa shape index (κ2) is 8.64. The average molecular weight is 432 g/mol. The van der Waals surface area contributed by atoms with Crippen LogP contribution in [-0.4, -0.2) is 39.0 Å². The van der Waals surface area contributed by atoms with Crippen molar-refractivity contribution in [3.63, 3.8) is 0 Å². The fourth-order valence-corrected chi connectivity index (χ4v) is 6.12. The highest BCUT2D eigenvalue weighted by Gasteiger charge is 2.46. The summed E-state index contributed by atoms with van der Waals surface area (Å²) in [4.78, 5) is 2.52. The molecule has 1 saturated heterocycles. The van der Waals surface area contributed by atoms with Crippen molar-refractivity contribution in [1.29, 1.82) is 0 Å². The van der Waals surface area contributed by atoms with Crippen LogP contribution in [0, 0.1) is 5.41 Å². The number of aliphatic hydroxyl groups excluding tert-OH is 1. The van der Waals surface area contributed by atoms with E-state index >= 15 is 0 Å². The van der Waals surface area contributed by atoms with E-state index < -0.39 is 0 Å². The maximum absolute atomic E-state index is 10.9. The van der Waals surface area contributed by atoms with Crippen LogP contribution in [0.5, 0.6) is 0 Å². The SMILES string of the molecule is CCc1nn(C2CCCC2)c2cc(C3CN(Cc4ccccc4)C[C@@]3(C)C(C)O)ccc12. The van der Waals surface area contributed by atoms with Crippen molar-refractivity contribution in [2.75, 3.05) is 13.1 Å². The molecule has 2 aliphatic rings. The minimum absolute atomic E-state index is 0.172. The molecule has 5 rings (SSSR count). The summed E-state index contributed by atoms with van der Waals surface area (Å²) in [6.07, 6.45) is 5.70. The Morgan fingerprint density at radius 2 is 1.88 bits per heavy atom. The van der Waals surface area contributed by atoms with Crippen LogP contribution in [0.1, 0.15) is 75.2 Å². The lowest BCUT2D eigenvalue weighted by Crippen LogP contribution is -2.37. The molecule has 4 heteroatoms. The first-order chi connectivity index (χ1) is 15.5. The standard InChI is InChI=1S/C28H37N3O/c1-4-26-24-15-14-22(16-27(24)31(29-26)23-12-8-9-13-23)25-18-30(19-28(25,3)20(2)32)17-21-10-6-5-7-11-21/h5-7,10-11,14-16,20,23,25,32H,4,8-9,12-13,17-19H2,1-3H3/t20?,25?,28-/m0/s1. The third kappa shape index (κ3) is 3.78. The molecule has 2 unspecified atom stereocenters. The van der Waals surface area contributed by atoms with E-state index in [2.05, 4.69) is 72.0 Å². The zero-order valence-electron chi connectivity index (χ0n) is 19.8. The van der Waals surface area contributed by atoms with Crippen molar-refractivity contribution < 1.29 is 5.11 Å². The van der Waals surface area contributed by atoms with Crippen LogP contribution in [-0.2, 0) is 13.0 Å². The molecule has 3 aromatic rings. The number of fused-ring (bicyclic) bond motifs is 1. The quantitative estimate of drug-likeness (QED) is 0.544. The molecule has 0 radical (unpaired) electrons. The van der Waals surface area contributed by atoms with Gasteiger partial charge in [-0.1, -0.05) is 69.2 Å². The summed E-state index contributed by atoms with van der Waals surface area (Å²) in [6.45, 7) is 9.25. The molecule has 2 heterocycles. The summed E-state index contributed by atoms with van der Waals surface area (Å²) in [7, 11) is 0. The molecule has 0 spiro atoms.